The van der Waals surface area contributed by atoms with E-state index in [2.05, 4.69) is 5.32 Å². The molecule has 1 aliphatic rings. The third kappa shape index (κ3) is 4.05. The van der Waals surface area contributed by atoms with Crippen molar-refractivity contribution in [2.24, 2.45) is 5.92 Å². The largest absolute Gasteiger partial charge is 0.480 e. The molecular weight excluding hydrogens is 254 g/mol. The van der Waals surface area contributed by atoms with Crippen molar-refractivity contribution in [2.45, 2.75) is 50.8 Å². The molecule has 1 aliphatic carbocycles. The van der Waals surface area contributed by atoms with Crippen molar-refractivity contribution in [2.75, 3.05) is 0 Å². The molecule has 0 aromatic heterocycles. The lowest BCUT2D eigenvalue weighted by atomic mass is 9.82. The van der Waals surface area contributed by atoms with Gasteiger partial charge in [0.25, 0.3) is 0 Å². The summed E-state index contributed by atoms with van der Waals surface area (Å²) in [5.41, 5.74) is 1.02. The molecule has 3 N–H and O–H groups in total. The van der Waals surface area contributed by atoms with Crippen LogP contribution in [0.1, 0.15) is 37.7 Å². The fraction of sp³-hybridized carbons (Fsp3) is 0.562. The van der Waals surface area contributed by atoms with Crippen LogP contribution in [0.15, 0.2) is 30.3 Å². The Morgan fingerprint density at radius 2 is 1.85 bits per heavy atom. The molecule has 0 aliphatic heterocycles. The Morgan fingerprint density at radius 3 is 2.45 bits per heavy atom. The molecule has 20 heavy (non-hydrogen) atoms. The highest BCUT2D eigenvalue weighted by molar-refractivity contribution is 5.74. The highest BCUT2D eigenvalue weighted by Gasteiger charge is 2.33. The number of aliphatic hydroxyl groups is 1. The molecule has 1 aromatic rings. The summed E-state index contributed by atoms with van der Waals surface area (Å²) in [4.78, 5) is 11.4. The number of aliphatic hydroxyl groups excluding tert-OH is 1. The maximum atomic E-state index is 11.4. The van der Waals surface area contributed by atoms with E-state index in [1.807, 2.05) is 30.3 Å². The first-order chi connectivity index (χ1) is 9.68. The van der Waals surface area contributed by atoms with Gasteiger partial charge < -0.3 is 10.2 Å². The van der Waals surface area contributed by atoms with Crippen LogP contribution in [0.2, 0.25) is 0 Å². The van der Waals surface area contributed by atoms with E-state index in [1.165, 1.54) is 6.42 Å². The third-order valence-electron chi connectivity index (χ3n) is 4.11. The van der Waals surface area contributed by atoms with E-state index in [9.17, 15) is 15.0 Å². The van der Waals surface area contributed by atoms with Gasteiger partial charge in [-0.05, 0) is 24.3 Å². The first-order valence-corrected chi connectivity index (χ1v) is 7.36. The van der Waals surface area contributed by atoms with Crippen molar-refractivity contribution in [1.29, 1.82) is 0 Å². The topological polar surface area (TPSA) is 69.6 Å². The molecule has 0 amide bonds. The van der Waals surface area contributed by atoms with Gasteiger partial charge in [-0.2, -0.15) is 0 Å². The highest BCUT2D eigenvalue weighted by atomic mass is 16.4. The number of carboxylic acid groups (broad SMARTS) is 1. The van der Waals surface area contributed by atoms with Gasteiger partial charge in [-0.3, -0.25) is 10.1 Å². The molecule has 110 valence electrons. The van der Waals surface area contributed by atoms with Crippen molar-refractivity contribution < 1.29 is 15.0 Å². The molecule has 4 heteroatoms. The predicted molar refractivity (Wildman–Crippen MR) is 77.3 cm³/mol. The summed E-state index contributed by atoms with van der Waals surface area (Å²) in [6.45, 7) is 0.460. The standard InChI is InChI=1S/C16H23NO3/c18-15(13-9-5-2-6-10-13)14(16(19)20)17-11-12-7-3-1-4-8-12/h1,3-4,7-8,13-15,17-18H,2,5-6,9-11H2,(H,19,20). The van der Waals surface area contributed by atoms with Crippen LogP contribution in [0.4, 0.5) is 0 Å². The van der Waals surface area contributed by atoms with E-state index >= 15 is 0 Å². The van der Waals surface area contributed by atoms with Gasteiger partial charge in [0.15, 0.2) is 0 Å². The van der Waals surface area contributed by atoms with Crippen LogP contribution >= 0.6 is 0 Å². The van der Waals surface area contributed by atoms with Gasteiger partial charge in [0.05, 0.1) is 6.10 Å². The summed E-state index contributed by atoms with van der Waals surface area (Å²) in [5.74, 6) is -0.868. The van der Waals surface area contributed by atoms with Crippen molar-refractivity contribution >= 4 is 5.97 Å². The SMILES string of the molecule is O=C(O)C(NCc1ccccc1)C(O)C1CCCCC1. The van der Waals surface area contributed by atoms with E-state index < -0.39 is 18.1 Å². The van der Waals surface area contributed by atoms with Crippen molar-refractivity contribution in [1.82, 2.24) is 5.32 Å². The van der Waals surface area contributed by atoms with Crippen LogP contribution < -0.4 is 5.32 Å². The molecule has 4 nitrogen and oxygen atoms in total. The molecular formula is C16H23NO3. The van der Waals surface area contributed by atoms with Crippen LogP contribution in [0.5, 0.6) is 0 Å². The third-order valence-corrected chi connectivity index (χ3v) is 4.11. The molecule has 0 radical (unpaired) electrons. The van der Waals surface area contributed by atoms with Crippen LogP contribution in [0.3, 0.4) is 0 Å². The molecule has 2 unspecified atom stereocenters. The zero-order chi connectivity index (χ0) is 14.4. The van der Waals surface area contributed by atoms with Gasteiger partial charge in [-0.1, -0.05) is 49.6 Å². The van der Waals surface area contributed by atoms with E-state index in [0.717, 1.165) is 31.2 Å². The lowest BCUT2D eigenvalue weighted by Gasteiger charge is -2.30. The molecule has 1 saturated carbocycles. The van der Waals surface area contributed by atoms with Crippen molar-refractivity contribution in [3.05, 3.63) is 35.9 Å². The molecule has 2 atom stereocenters. The Labute approximate surface area is 119 Å². The quantitative estimate of drug-likeness (QED) is 0.745. The predicted octanol–water partition coefficient (Wildman–Crippen LogP) is 2.17. The smallest absolute Gasteiger partial charge is 0.323 e. The molecule has 0 saturated heterocycles. The second-order valence-corrected chi connectivity index (χ2v) is 5.57. The van der Waals surface area contributed by atoms with Crippen LogP contribution in [-0.4, -0.2) is 28.3 Å². The number of carbonyl (C=O) groups is 1. The van der Waals surface area contributed by atoms with Gasteiger partial charge in [-0.15, -0.1) is 0 Å². The molecule has 2 rings (SSSR count). The fourth-order valence-electron chi connectivity index (χ4n) is 2.93. The lowest BCUT2D eigenvalue weighted by Crippen LogP contribution is -2.49. The van der Waals surface area contributed by atoms with Gasteiger partial charge in [0.2, 0.25) is 0 Å². The first kappa shape index (κ1) is 15.0. The summed E-state index contributed by atoms with van der Waals surface area (Å²) >= 11 is 0. The molecule has 1 aromatic carbocycles. The Kier molecular flexibility index (Phi) is 5.56. The minimum Gasteiger partial charge on any atom is -0.480 e. The van der Waals surface area contributed by atoms with E-state index in [-0.39, 0.29) is 5.92 Å². The average molecular weight is 277 g/mol. The minimum absolute atomic E-state index is 0.105. The normalized spacial score (nSPS) is 19.4. The summed E-state index contributed by atoms with van der Waals surface area (Å²) in [7, 11) is 0. The molecule has 0 bridgehead atoms. The lowest BCUT2D eigenvalue weighted by molar-refractivity contribution is -0.144. The number of nitrogens with one attached hydrogen (secondary N) is 1. The Hall–Kier alpha value is -1.39. The van der Waals surface area contributed by atoms with Gasteiger partial charge in [0.1, 0.15) is 6.04 Å². The van der Waals surface area contributed by atoms with Gasteiger partial charge in [-0.25, -0.2) is 0 Å². The van der Waals surface area contributed by atoms with Crippen molar-refractivity contribution in [3.63, 3.8) is 0 Å². The van der Waals surface area contributed by atoms with E-state index in [4.69, 9.17) is 0 Å². The Balaban J connectivity index is 1.94. The number of carboxylic acids is 1. The second-order valence-electron chi connectivity index (χ2n) is 5.57. The van der Waals surface area contributed by atoms with Crippen LogP contribution in [0.25, 0.3) is 0 Å². The second kappa shape index (κ2) is 7.41. The zero-order valence-electron chi connectivity index (χ0n) is 11.7. The summed E-state index contributed by atoms with van der Waals surface area (Å²) < 4.78 is 0. The number of hydrogen-bond donors (Lipinski definition) is 3. The summed E-state index contributed by atoms with van der Waals surface area (Å²) in [6, 6.07) is 8.76. The number of rotatable bonds is 6. The van der Waals surface area contributed by atoms with Gasteiger partial charge >= 0.3 is 5.97 Å². The van der Waals surface area contributed by atoms with Crippen LogP contribution in [-0.2, 0) is 11.3 Å². The summed E-state index contributed by atoms with van der Waals surface area (Å²) in [6.07, 6.45) is 4.42. The zero-order valence-corrected chi connectivity index (χ0v) is 11.7. The maximum absolute atomic E-state index is 11.4. The first-order valence-electron chi connectivity index (χ1n) is 7.36. The monoisotopic (exact) mass is 277 g/mol. The Bertz CT molecular complexity index is 415. The fourth-order valence-corrected chi connectivity index (χ4v) is 2.93. The Morgan fingerprint density at radius 1 is 1.20 bits per heavy atom. The number of benzene rings is 1. The highest BCUT2D eigenvalue weighted by Crippen LogP contribution is 2.28. The molecule has 0 spiro atoms. The van der Waals surface area contributed by atoms with Crippen molar-refractivity contribution in [3.8, 4) is 0 Å². The average Bonchev–Trinajstić information content (AvgIpc) is 2.49. The number of aliphatic carboxylic acids is 1. The molecule has 0 heterocycles. The van der Waals surface area contributed by atoms with E-state index in [0.29, 0.717) is 6.54 Å². The summed E-state index contributed by atoms with van der Waals surface area (Å²) in [5, 5.41) is 22.7. The minimum atomic E-state index is -0.973. The van der Waals surface area contributed by atoms with Gasteiger partial charge in [0, 0.05) is 6.54 Å². The molecule has 1 fully saturated rings. The number of hydrogen-bond acceptors (Lipinski definition) is 3. The maximum Gasteiger partial charge on any atom is 0.323 e. The van der Waals surface area contributed by atoms with Crippen LogP contribution in [0, 0.1) is 5.92 Å². The van der Waals surface area contributed by atoms with E-state index in [1.54, 1.807) is 0 Å².